The minimum Gasteiger partial charge on any atom is -0.480 e. The monoisotopic (exact) mass is 175 g/mol. The average molecular weight is 175 g/mol. The van der Waals surface area contributed by atoms with Crippen molar-refractivity contribution in [3.63, 3.8) is 0 Å². The number of ketones is 1. The van der Waals surface area contributed by atoms with Crippen LogP contribution in [0.25, 0.3) is 0 Å². The van der Waals surface area contributed by atoms with Gasteiger partial charge in [-0.1, -0.05) is 13.8 Å². The van der Waals surface area contributed by atoms with E-state index in [9.17, 15) is 9.59 Å². The summed E-state index contributed by atoms with van der Waals surface area (Å²) in [5.74, 6) is -1.11. The smallest absolute Gasteiger partial charge is 0.321 e. The van der Waals surface area contributed by atoms with Gasteiger partial charge in [0, 0.05) is 6.42 Å². The molecule has 0 aliphatic rings. The number of carboxylic acids is 1. The van der Waals surface area contributed by atoms with Gasteiger partial charge < -0.3 is 10.4 Å². The summed E-state index contributed by atoms with van der Waals surface area (Å²) >= 11 is 0. The van der Waals surface area contributed by atoms with Gasteiger partial charge in [-0.05, 0) is 14.0 Å². The molecule has 0 aliphatic heterocycles. The van der Waals surface area contributed by atoms with E-state index >= 15 is 0 Å². The number of carboxylic acid groups (broad SMARTS) is 1. The summed E-state index contributed by atoms with van der Waals surface area (Å²) < 4.78 is 0. The molecule has 0 fully saturated rings. The van der Waals surface area contributed by atoms with Gasteiger partial charge in [0.25, 0.3) is 0 Å². The van der Waals surface area contributed by atoms with Gasteiger partial charge in [0.05, 0.1) is 0 Å². The Morgan fingerprint density at radius 1 is 1.42 bits per heavy atom. The molecule has 0 saturated heterocycles. The van der Waals surface area contributed by atoms with Gasteiger partial charge in [0.2, 0.25) is 0 Å². The summed E-state index contributed by atoms with van der Waals surface area (Å²) in [6.07, 6.45) is 0.0475. The van der Waals surface area contributed by atoms with Gasteiger partial charge in [0.1, 0.15) is 11.8 Å². The summed E-state index contributed by atoms with van der Waals surface area (Å²) in [4.78, 5) is 20.7. The van der Waals surface area contributed by atoms with E-state index in [0.29, 0.717) is 0 Å². The van der Waals surface area contributed by atoms with E-state index in [4.69, 9.17) is 5.11 Å². The van der Waals surface area contributed by atoms with Crippen molar-refractivity contribution in [1.82, 2.24) is 5.32 Å². The summed E-state index contributed by atoms with van der Waals surface area (Å²) in [7, 11) is 1.52. The van der Waals surface area contributed by atoms with Crippen molar-refractivity contribution in [2.24, 2.45) is 0 Å². The van der Waals surface area contributed by atoms with Gasteiger partial charge in [-0.3, -0.25) is 9.59 Å². The number of hydrogen-bond donors (Lipinski definition) is 2. The predicted molar refractivity (Wildman–Crippen MR) is 47.1 cm³/mol. The molecule has 0 heterocycles. The first-order chi connectivity index (χ1) is 5.57. The second kappa shape index (κ2) is 8.20. The minimum atomic E-state index is -0.988. The maximum atomic E-state index is 10.4. The fraction of sp³-hybridized carbons (Fsp3) is 0.750. The second-order valence-electron chi connectivity index (χ2n) is 2.09. The van der Waals surface area contributed by atoms with Crippen molar-refractivity contribution in [2.45, 2.75) is 33.2 Å². The first-order valence-corrected chi connectivity index (χ1v) is 3.97. The van der Waals surface area contributed by atoms with E-state index in [1.807, 2.05) is 13.8 Å². The van der Waals surface area contributed by atoms with Crippen LogP contribution in [0.2, 0.25) is 0 Å². The van der Waals surface area contributed by atoms with Crippen LogP contribution >= 0.6 is 0 Å². The van der Waals surface area contributed by atoms with E-state index in [0.717, 1.165) is 0 Å². The van der Waals surface area contributed by atoms with Crippen molar-refractivity contribution < 1.29 is 14.7 Å². The number of rotatable bonds is 4. The number of carbonyl (C=O) groups is 2. The summed E-state index contributed by atoms with van der Waals surface area (Å²) in [6, 6.07) is -0.738. The molecule has 0 aromatic rings. The molecule has 1 atom stereocenters. The fourth-order valence-corrected chi connectivity index (χ4v) is 0.600. The molecule has 0 aliphatic carbocycles. The zero-order chi connectivity index (χ0) is 10.1. The lowest BCUT2D eigenvalue weighted by atomic mass is 10.1. The van der Waals surface area contributed by atoms with Crippen LogP contribution in [0.4, 0.5) is 0 Å². The highest BCUT2D eigenvalue weighted by atomic mass is 16.4. The lowest BCUT2D eigenvalue weighted by Gasteiger charge is -2.06. The van der Waals surface area contributed by atoms with Crippen molar-refractivity contribution in [3.05, 3.63) is 0 Å². The fourth-order valence-electron chi connectivity index (χ4n) is 0.600. The third kappa shape index (κ3) is 7.21. The van der Waals surface area contributed by atoms with E-state index in [-0.39, 0.29) is 12.2 Å². The van der Waals surface area contributed by atoms with Crippen LogP contribution in [-0.4, -0.2) is 29.9 Å². The van der Waals surface area contributed by atoms with E-state index in [1.54, 1.807) is 0 Å². The second-order valence-corrected chi connectivity index (χ2v) is 2.09. The van der Waals surface area contributed by atoms with Crippen LogP contribution in [0.5, 0.6) is 0 Å². The summed E-state index contributed by atoms with van der Waals surface area (Å²) in [6.45, 7) is 5.37. The van der Waals surface area contributed by atoms with Gasteiger partial charge >= 0.3 is 5.97 Å². The van der Waals surface area contributed by atoms with Crippen molar-refractivity contribution in [1.29, 1.82) is 0 Å². The lowest BCUT2D eigenvalue weighted by molar-refractivity contribution is -0.140. The molecular weight excluding hydrogens is 158 g/mol. The molecule has 1 unspecified atom stereocenters. The van der Waals surface area contributed by atoms with Crippen LogP contribution in [-0.2, 0) is 9.59 Å². The predicted octanol–water partition coefficient (Wildman–Crippen LogP) is 0.664. The van der Waals surface area contributed by atoms with Gasteiger partial charge in [-0.2, -0.15) is 0 Å². The highest BCUT2D eigenvalue weighted by Crippen LogP contribution is 1.91. The van der Waals surface area contributed by atoms with Crippen LogP contribution in [0.1, 0.15) is 27.2 Å². The highest BCUT2D eigenvalue weighted by Gasteiger charge is 2.15. The van der Waals surface area contributed by atoms with Gasteiger partial charge in [-0.25, -0.2) is 0 Å². The SMILES string of the molecule is CC.CNC(CC(C)=O)C(=O)O. The molecule has 0 amide bonds. The third-order valence-corrected chi connectivity index (χ3v) is 1.14. The zero-order valence-electron chi connectivity index (χ0n) is 8.05. The molecule has 72 valence electrons. The topological polar surface area (TPSA) is 66.4 Å². The molecule has 0 saturated carbocycles. The molecule has 0 aromatic carbocycles. The number of Topliss-reactive ketones (excluding diaryl/α,β-unsaturated/α-hetero) is 1. The standard InChI is InChI=1S/C6H11NO3.C2H6/c1-4(8)3-5(7-2)6(9)10;1-2/h5,7H,3H2,1-2H3,(H,9,10);1-2H3. The Kier molecular flexibility index (Phi) is 9.34. The molecule has 0 spiro atoms. The average Bonchev–Trinajstić information content (AvgIpc) is 2.03. The Bertz CT molecular complexity index is 145. The molecule has 12 heavy (non-hydrogen) atoms. The normalized spacial score (nSPS) is 11.0. The number of carbonyl (C=O) groups excluding carboxylic acids is 1. The molecular formula is C8H17NO3. The molecule has 2 N–H and O–H groups in total. The van der Waals surface area contributed by atoms with E-state index < -0.39 is 12.0 Å². The van der Waals surface area contributed by atoms with E-state index in [1.165, 1.54) is 14.0 Å². The van der Waals surface area contributed by atoms with Gasteiger partial charge in [-0.15, -0.1) is 0 Å². The van der Waals surface area contributed by atoms with Crippen molar-refractivity contribution in [2.75, 3.05) is 7.05 Å². The molecule has 4 heteroatoms. The number of likely N-dealkylation sites (N-methyl/N-ethyl adjacent to an activating group) is 1. The van der Waals surface area contributed by atoms with Crippen molar-refractivity contribution >= 4 is 11.8 Å². The number of nitrogens with one attached hydrogen (secondary N) is 1. The Labute approximate surface area is 73.0 Å². The first-order valence-electron chi connectivity index (χ1n) is 3.97. The van der Waals surface area contributed by atoms with Crippen LogP contribution in [0.3, 0.4) is 0 Å². The zero-order valence-corrected chi connectivity index (χ0v) is 8.05. The Balaban J connectivity index is 0. The molecule has 0 aromatic heterocycles. The van der Waals surface area contributed by atoms with E-state index in [2.05, 4.69) is 5.32 Å². The molecule has 0 radical (unpaired) electrons. The first kappa shape index (κ1) is 13.7. The highest BCUT2D eigenvalue weighted by molar-refractivity contribution is 5.84. The summed E-state index contributed by atoms with van der Waals surface area (Å²) in [5, 5.41) is 10.9. The lowest BCUT2D eigenvalue weighted by Crippen LogP contribution is -2.35. The van der Waals surface area contributed by atoms with Crippen LogP contribution < -0.4 is 5.32 Å². The number of hydrogen-bond acceptors (Lipinski definition) is 3. The molecule has 0 rings (SSSR count). The summed E-state index contributed by atoms with van der Waals surface area (Å²) in [5.41, 5.74) is 0. The van der Waals surface area contributed by atoms with Crippen molar-refractivity contribution in [3.8, 4) is 0 Å². The Morgan fingerprint density at radius 2 is 1.83 bits per heavy atom. The number of aliphatic carboxylic acids is 1. The quantitative estimate of drug-likeness (QED) is 0.659. The third-order valence-electron chi connectivity index (χ3n) is 1.14. The molecule has 4 nitrogen and oxygen atoms in total. The van der Waals surface area contributed by atoms with Gasteiger partial charge in [0.15, 0.2) is 0 Å². The minimum absolute atomic E-state index is 0.0475. The molecule has 0 bridgehead atoms. The maximum Gasteiger partial charge on any atom is 0.321 e. The Hall–Kier alpha value is -0.900. The largest absolute Gasteiger partial charge is 0.480 e. The van der Waals surface area contributed by atoms with Crippen LogP contribution in [0.15, 0.2) is 0 Å². The Morgan fingerprint density at radius 3 is 1.92 bits per heavy atom. The maximum absolute atomic E-state index is 10.4. The van der Waals surface area contributed by atoms with Crippen LogP contribution in [0, 0.1) is 0 Å².